The van der Waals surface area contributed by atoms with E-state index in [2.05, 4.69) is 15.6 Å². The SMILES string of the molecule is CCc1ccc(C(=O)NNC(=O)[C@@H](NS(=O)(=O)c2ccccc2F)C(C)C)cc1. The quantitative estimate of drug-likeness (QED) is 0.596. The molecule has 0 aliphatic heterocycles. The van der Waals surface area contributed by atoms with Crippen LogP contribution >= 0.6 is 0 Å². The maximum Gasteiger partial charge on any atom is 0.269 e. The highest BCUT2D eigenvalue weighted by molar-refractivity contribution is 7.89. The van der Waals surface area contributed by atoms with E-state index in [4.69, 9.17) is 0 Å². The maximum absolute atomic E-state index is 13.9. The summed E-state index contributed by atoms with van der Waals surface area (Å²) < 4.78 is 41.0. The molecule has 9 heteroatoms. The summed E-state index contributed by atoms with van der Waals surface area (Å²) in [5, 5.41) is 0. The van der Waals surface area contributed by atoms with Crippen molar-refractivity contribution in [3.8, 4) is 0 Å². The van der Waals surface area contributed by atoms with Crippen molar-refractivity contribution >= 4 is 21.8 Å². The highest BCUT2D eigenvalue weighted by Gasteiger charge is 2.30. The second-order valence-corrected chi connectivity index (χ2v) is 8.45. The van der Waals surface area contributed by atoms with Gasteiger partial charge in [-0.2, -0.15) is 4.72 Å². The Balaban J connectivity index is 2.07. The van der Waals surface area contributed by atoms with Gasteiger partial charge in [-0.15, -0.1) is 0 Å². The standard InChI is InChI=1S/C20H24FN3O4S/c1-4-14-9-11-15(12-10-14)19(25)22-23-20(26)18(13(2)3)24-29(27,28)17-8-6-5-7-16(17)21/h5-13,18,24H,4H2,1-3H3,(H,22,25)(H,23,26)/t18-/m0/s1. The fourth-order valence-electron chi connectivity index (χ4n) is 2.55. The van der Waals surface area contributed by atoms with E-state index in [0.717, 1.165) is 24.1 Å². The van der Waals surface area contributed by atoms with Crippen LogP contribution in [-0.4, -0.2) is 26.3 Å². The molecule has 3 N–H and O–H groups in total. The van der Waals surface area contributed by atoms with Crippen molar-refractivity contribution < 1.29 is 22.4 Å². The number of carbonyl (C=O) groups is 2. The molecule has 0 aromatic heterocycles. The number of hydrazine groups is 1. The molecular formula is C20H24FN3O4S. The number of rotatable bonds is 7. The van der Waals surface area contributed by atoms with Gasteiger partial charge >= 0.3 is 0 Å². The van der Waals surface area contributed by atoms with E-state index in [9.17, 15) is 22.4 Å². The van der Waals surface area contributed by atoms with E-state index in [0.29, 0.717) is 5.56 Å². The number of hydrogen-bond donors (Lipinski definition) is 3. The van der Waals surface area contributed by atoms with Crippen LogP contribution in [0.1, 0.15) is 36.7 Å². The zero-order valence-corrected chi connectivity index (χ0v) is 17.2. The van der Waals surface area contributed by atoms with E-state index >= 15 is 0 Å². The first-order valence-electron chi connectivity index (χ1n) is 9.11. The molecule has 29 heavy (non-hydrogen) atoms. The lowest BCUT2D eigenvalue weighted by Crippen LogP contribution is -2.54. The Morgan fingerprint density at radius 1 is 1.00 bits per heavy atom. The van der Waals surface area contributed by atoms with E-state index in [1.54, 1.807) is 38.1 Å². The van der Waals surface area contributed by atoms with Crippen molar-refractivity contribution in [3.63, 3.8) is 0 Å². The van der Waals surface area contributed by atoms with E-state index in [1.807, 2.05) is 6.92 Å². The van der Waals surface area contributed by atoms with Gasteiger partial charge in [0, 0.05) is 5.56 Å². The lowest BCUT2D eigenvalue weighted by molar-refractivity contribution is -0.124. The fraction of sp³-hybridized carbons (Fsp3) is 0.300. The molecule has 2 aromatic carbocycles. The summed E-state index contributed by atoms with van der Waals surface area (Å²) in [6, 6.07) is 10.5. The summed E-state index contributed by atoms with van der Waals surface area (Å²) in [6.45, 7) is 5.24. The Hall–Kier alpha value is -2.78. The van der Waals surface area contributed by atoms with Crippen LogP contribution in [0.5, 0.6) is 0 Å². The van der Waals surface area contributed by atoms with Gasteiger partial charge in [0.2, 0.25) is 10.0 Å². The summed E-state index contributed by atoms with van der Waals surface area (Å²) in [5.74, 6) is -2.69. The lowest BCUT2D eigenvalue weighted by atomic mass is 10.1. The topological polar surface area (TPSA) is 104 Å². The molecule has 2 rings (SSSR count). The van der Waals surface area contributed by atoms with Gasteiger partial charge < -0.3 is 0 Å². The first kappa shape index (κ1) is 22.5. The van der Waals surface area contributed by atoms with Crippen molar-refractivity contribution in [2.75, 3.05) is 0 Å². The van der Waals surface area contributed by atoms with Gasteiger partial charge in [0.05, 0.1) is 0 Å². The zero-order valence-electron chi connectivity index (χ0n) is 16.4. The molecule has 0 aliphatic carbocycles. The van der Waals surface area contributed by atoms with E-state index < -0.39 is 44.5 Å². The summed E-state index contributed by atoms with van der Waals surface area (Å²) in [6.07, 6.45) is 0.830. The number of sulfonamides is 1. The van der Waals surface area contributed by atoms with Gasteiger partial charge in [0.15, 0.2) is 0 Å². The maximum atomic E-state index is 13.9. The van der Waals surface area contributed by atoms with Crippen molar-refractivity contribution in [2.45, 2.75) is 38.1 Å². The predicted octanol–water partition coefficient (Wildman–Crippen LogP) is 2.15. The van der Waals surface area contributed by atoms with Crippen LogP contribution in [0, 0.1) is 11.7 Å². The van der Waals surface area contributed by atoms with Crippen LogP contribution in [-0.2, 0) is 21.2 Å². The molecule has 0 aliphatic rings. The Labute approximate surface area is 169 Å². The number of benzene rings is 2. The summed E-state index contributed by atoms with van der Waals surface area (Å²) in [4.78, 5) is 24.1. The van der Waals surface area contributed by atoms with Crippen molar-refractivity contribution in [2.24, 2.45) is 5.92 Å². The minimum Gasteiger partial charge on any atom is -0.271 e. The number of halogens is 1. The van der Waals surface area contributed by atoms with Gasteiger partial charge in [-0.25, -0.2) is 12.8 Å². The molecular weight excluding hydrogens is 397 g/mol. The second-order valence-electron chi connectivity index (χ2n) is 6.77. The zero-order chi connectivity index (χ0) is 21.6. The van der Waals surface area contributed by atoms with Crippen LogP contribution < -0.4 is 15.6 Å². The highest BCUT2D eigenvalue weighted by atomic mass is 32.2. The summed E-state index contributed by atoms with van der Waals surface area (Å²) >= 11 is 0. The Morgan fingerprint density at radius 2 is 1.62 bits per heavy atom. The largest absolute Gasteiger partial charge is 0.271 e. The van der Waals surface area contributed by atoms with Gasteiger partial charge in [-0.1, -0.05) is 45.0 Å². The normalized spacial score (nSPS) is 12.4. The third-order valence-electron chi connectivity index (χ3n) is 4.28. The number of hydrogen-bond acceptors (Lipinski definition) is 4. The van der Waals surface area contributed by atoms with E-state index in [1.165, 1.54) is 12.1 Å². The lowest BCUT2D eigenvalue weighted by Gasteiger charge is -2.22. The average molecular weight is 421 g/mol. The number of nitrogens with one attached hydrogen (secondary N) is 3. The van der Waals surface area contributed by atoms with Gasteiger partial charge in [-0.3, -0.25) is 20.4 Å². The highest BCUT2D eigenvalue weighted by Crippen LogP contribution is 2.15. The smallest absolute Gasteiger partial charge is 0.269 e. The molecule has 0 fully saturated rings. The minimum absolute atomic E-state index is 0.343. The monoisotopic (exact) mass is 421 g/mol. The molecule has 2 amide bonds. The molecule has 0 saturated carbocycles. The number of aryl methyl sites for hydroxylation is 1. The van der Waals surface area contributed by atoms with Crippen LogP contribution in [0.2, 0.25) is 0 Å². The molecule has 0 heterocycles. The van der Waals surface area contributed by atoms with Crippen LogP contribution in [0.25, 0.3) is 0 Å². The molecule has 1 atom stereocenters. The summed E-state index contributed by atoms with van der Waals surface area (Å²) in [7, 11) is -4.28. The Kier molecular flexibility index (Phi) is 7.46. The first-order chi connectivity index (χ1) is 13.7. The number of carbonyl (C=O) groups excluding carboxylic acids is 2. The minimum atomic E-state index is -4.28. The third kappa shape index (κ3) is 5.85. The first-order valence-corrected chi connectivity index (χ1v) is 10.6. The summed E-state index contributed by atoms with van der Waals surface area (Å²) in [5.41, 5.74) is 5.89. The van der Waals surface area contributed by atoms with Crippen molar-refractivity contribution in [1.82, 2.24) is 15.6 Å². The molecule has 0 bridgehead atoms. The predicted molar refractivity (Wildman–Crippen MR) is 107 cm³/mol. The van der Waals surface area contributed by atoms with Gasteiger partial charge in [0.1, 0.15) is 16.8 Å². The molecule has 156 valence electrons. The Morgan fingerprint density at radius 3 is 2.17 bits per heavy atom. The molecule has 0 spiro atoms. The molecule has 0 unspecified atom stereocenters. The molecule has 2 aromatic rings. The van der Waals surface area contributed by atoms with Gasteiger partial charge in [0.25, 0.3) is 11.8 Å². The van der Waals surface area contributed by atoms with Gasteiger partial charge in [-0.05, 0) is 42.2 Å². The fourth-order valence-corrected chi connectivity index (χ4v) is 3.97. The average Bonchev–Trinajstić information content (AvgIpc) is 2.70. The molecule has 0 saturated heterocycles. The number of amides is 2. The molecule has 7 nitrogen and oxygen atoms in total. The van der Waals surface area contributed by atoms with Crippen molar-refractivity contribution in [3.05, 3.63) is 65.5 Å². The van der Waals surface area contributed by atoms with E-state index in [-0.39, 0.29) is 0 Å². The third-order valence-corrected chi connectivity index (χ3v) is 5.76. The van der Waals surface area contributed by atoms with Crippen LogP contribution in [0.15, 0.2) is 53.4 Å². The molecule has 0 radical (unpaired) electrons. The van der Waals surface area contributed by atoms with Crippen molar-refractivity contribution in [1.29, 1.82) is 0 Å². The second kappa shape index (κ2) is 9.62. The Bertz CT molecular complexity index is 975. The van der Waals surface area contributed by atoms with Crippen LogP contribution in [0.4, 0.5) is 4.39 Å². The van der Waals surface area contributed by atoms with Crippen LogP contribution in [0.3, 0.4) is 0 Å².